The first-order chi connectivity index (χ1) is 10.8. The third-order valence-corrected chi connectivity index (χ3v) is 5.89. The number of halogens is 1. The van der Waals surface area contributed by atoms with Crippen molar-refractivity contribution in [3.05, 3.63) is 29.6 Å². The van der Waals surface area contributed by atoms with E-state index in [-0.39, 0.29) is 17.3 Å². The molecule has 0 saturated carbocycles. The number of likely N-dealkylation sites (N-methyl/N-ethyl adjacent to an activating group) is 1. The van der Waals surface area contributed by atoms with Crippen LogP contribution in [0.15, 0.2) is 23.1 Å². The average Bonchev–Trinajstić information content (AvgIpc) is 2.47. The largest absolute Gasteiger partial charge is 0.355 e. The molecule has 0 unspecified atom stereocenters. The smallest absolute Gasteiger partial charge is 0.243 e. The van der Waals surface area contributed by atoms with E-state index in [0.29, 0.717) is 38.3 Å². The number of amides is 1. The predicted molar refractivity (Wildman–Crippen MR) is 85.0 cm³/mol. The van der Waals surface area contributed by atoms with Crippen LogP contribution in [-0.2, 0) is 14.8 Å². The lowest BCUT2D eigenvalue weighted by molar-refractivity contribution is -0.122. The van der Waals surface area contributed by atoms with E-state index in [9.17, 15) is 17.6 Å². The number of carbonyl (C=O) groups excluding carboxylic acids is 1. The summed E-state index contributed by atoms with van der Waals surface area (Å²) in [5.74, 6) is -0.508. The lowest BCUT2D eigenvalue weighted by Gasteiger charge is -2.33. The van der Waals surface area contributed by atoms with Crippen LogP contribution in [0, 0.1) is 12.7 Å². The van der Waals surface area contributed by atoms with Gasteiger partial charge in [-0.05, 0) is 37.6 Å². The van der Waals surface area contributed by atoms with Crippen molar-refractivity contribution in [1.29, 1.82) is 0 Å². The number of piperazine rings is 1. The van der Waals surface area contributed by atoms with E-state index in [1.807, 2.05) is 11.8 Å². The molecule has 0 radical (unpaired) electrons. The normalized spacial score (nSPS) is 17.2. The second kappa shape index (κ2) is 7.37. The number of rotatable bonds is 5. The van der Waals surface area contributed by atoms with Gasteiger partial charge in [-0.25, -0.2) is 12.8 Å². The third kappa shape index (κ3) is 4.27. The molecular formula is C15H22FN3O3S. The minimum atomic E-state index is -3.63. The molecule has 23 heavy (non-hydrogen) atoms. The monoisotopic (exact) mass is 343 g/mol. The van der Waals surface area contributed by atoms with Crippen molar-refractivity contribution in [3.8, 4) is 0 Å². The first-order valence-corrected chi connectivity index (χ1v) is 9.04. The summed E-state index contributed by atoms with van der Waals surface area (Å²) < 4.78 is 39.9. The Hall–Kier alpha value is -1.51. The van der Waals surface area contributed by atoms with Gasteiger partial charge in [0.1, 0.15) is 5.82 Å². The van der Waals surface area contributed by atoms with Gasteiger partial charge in [-0.1, -0.05) is 0 Å². The van der Waals surface area contributed by atoms with Crippen molar-refractivity contribution in [2.75, 3.05) is 39.3 Å². The van der Waals surface area contributed by atoms with E-state index in [1.54, 1.807) is 6.92 Å². The van der Waals surface area contributed by atoms with E-state index in [4.69, 9.17) is 0 Å². The summed E-state index contributed by atoms with van der Waals surface area (Å²) in [4.78, 5) is 13.6. The molecule has 0 spiro atoms. The van der Waals surface area contributed by atoms with Gasteiger partial charge in [-0.2, -0.15) is 4.31 Å². The van der Waals surface area contributed by atoms with Crippen LogP contribution in [0.5, 0.6) is 0 Å². The van der Waals surface area contributed by atoms with E-state index < -0.39 is 15.8 Å². The van der Waals surface area contributed by atoms with E-state index in [2.05, 4.69) is 5.32 Å². The summed E-state index contributed by atoms with van der Waals surface area (Å²) in [5, 5.41) is 2.72. The van der Waals surface area contributed by atoms with Crippen molar-refractivity contribution in [2.24, 2.45) is 0 Å². The van der Waals surface area contributed by atoms with E-state index >= 15 is 0 Å². The number of hydrogen-bond donors (Lipinski definition) is 1. The fourth-order valence-corrected chi connectivity index (χ4v) is 4.25. The Morgan fingerprint density at radius 1 is 1.26 bits per heavy atom. The summed E-state index contributed by atoms with van der Waals surface area (Å²) >= 11 is 0. The van der Waals surface area contributed by atoms with Crippen molar-refractivity contribution in [3.63, 3.8) is 0 Å². The van der Waals surface area contributed by atoms with Crippen LogP contribution in [0.2, 0.25) is 0 Å². The zero-order valence-electron chi connectivity index (χ0n) is 13.4. The Morgan fingerprint density at radius 3 is 2.48 bits per heavy atom. The highest BCUT2D eigenvalue weighted by Crippen LogP contribution is 2.21. The quantitative estimate of drug-likeness (QED) is 0.849. The highest BCUT2D eigenvalue weighted by Gasteiger charge is 2.30. The highest BCUT2D eigenvalue weighted by molar-refractivity contribution is 7.89. The van der Waals surface area contributed by atoms with Crippen LogP contribution in [0.25, 0.3) is 0 Å². The Bertz CT molecular complexity index is 671. The molecule has 2 rings (SSSR count). The second-order valence-electron chi connectivity index (χ2n) is 5.54. The molecule has 0 aliphatic carbocycles. The van der Waals surface area contributed by atoms with Crippen LogP contribution in [0.1, 0.15) is 12.5 Å². The number of aryl methyl sites for hydroxylation is 1. The predicted octanol–water partition coefficient (Wildman–Crippen LogP) is 0.577. The summed E-state index contributed by atoms with van der Waals surface area (Å²) in [6, 6.07) is 3.69. The maximum atomic E-state index is 13.2. The van der Waals surface area contributed by atoms with E-state index in [0.717, 1.165) is 6.07 Å². The lowest BCUT2D eigenvalue weighted by atomic mass is 10.2. The molecule has 8 heteroatoms. The first-order valence-electron chi connectivity index (χ1n) is 7.60. The average molecular weight is 343 g/mol. The number of nitrogens with one attached hydrogen (secondary N) is 1. The Balaban J connectivity index is 2.02. The number of carbonyl (C=O) groups is 1. The van der Waals surface area contributed by atoms with Crippen LogP contribution in [-0.4, -0.2) is 62.8 Å². The Kier molecular flexibility index (Phi) is 5.72. The van der Waals surface area contributed by atoms with Gasteiger partial charge in [0.15, 0.2) is 0 Å². The fourth-order valence-electron chi connectivity index (χ4n) is 2.63. The molecule has 1 saturated heterocycles. The summed E-state index contributed by atoms with van der Waals surface area (Å²) in [5.41, 5.74) is 0.398. The van der Waals surface area contributed by atoms with Crippen LogP contribution in [0.3, 0.4) is 0 Å². The topological polar surface area (TPSA) is 69.7 Å². The molecule has 0 aromatic heterocycles. The SMILES string of the molecule is CCNC(=O)CN1CCN(S(=O)(=O)c2ccc(F)cc2C)CC1. The van der Waals surface area contributed by atoms with Crippen LogP contribution >= 0.6 is 0 Å². The Morgan fingerprint density at radius 2 is 1.91 bits per heavy atom. The molecule has 1 aliphatic heterocycles. The van der Waals surface area contributed by atoms with Crippen molar-refractivity contribution in [1.82, 2.24) is 14.5 Å². The van der Waals surface area contributed by atoms with Gasteiger partial charge in [0.05, 0.1) is 11.4 Å². The summed E-state index contributed by atoms with van der Waals surface area (Å²) in [7, 11) is -3.63. The van der Waals surface area contributed by atoms with E-state index in [1.165, 1.54) is 16.4 Å². The zero-order chi connectivity index (χ0) is 17.0. The number of benzene rings is 1. The molecular weight excluding hydrogens is 321 g/mol. The second-order valence-corrected chi connectivity index (χ2v) is 7.45. The maximum Gasteiger partial charge on any atom is 0.243 e. The van der Waals surface area contributed by atoms with Gasteiger partial charge < -0.3 is 5.32 Å². The van der Waals surface area contributed by atoms with Gasteiger partial charge >= 0.3 is 0 Å². The van der Waals surface area contributed by atoms with Gasteiger partial charge in [-0.15, -0.1) is 0 Å². The van der Waals surface area contributed by atoms with Crippen molar-refractivity contribution >= 4 is 15.9 Å². The molecule has 1 fully saturated rings. The van der Waals surface area contributed by atoms with Crippen molar-refractivity contribution in [2.45, 2.75) is 18.7 Å². The van der Waals surface area contributed by atoms with Gasteiger partial charge in [0.2, 0.25) is 15.9 Å². The van der Waals surface area contributed by atoms with Gasteiger partial charge in [0, 0.05) is 32.7 Å². The van der Waals surface area contributed by atoms with Crippen LogP contribution < -0.4 is 5.32 Å². The zero-order valence-corrected chi connectivity index (χ0v) is 14.2. The maximum absolute atomic E-state index is 13.2. The third-order valence-electron chi connectivity index (χ3n) is 3.83. The molecule has 0 bridgehead atoms. The molecule has 1 amide bonds. The summed E-state index contributed by atoms with van der Waals surface area (Å²) in [6.07, 6.45) is 0. The molecule has 1 aliphatic rings. The molecule has 1 N–H and O–H groups in total. The number of nitrogens with zero attached hydrogens (tertiary/aromatic N) is 2. The first kappa shape index (κ1) is 17.8. The number of sulfonamides is 1. The summed E-state index contributed by atoms with van der Waals surface area (Å²) in [6.45, 7) is 5.92. The van der Waals surface area contributed by atoms with Gasteiger partial charge in [-0.3, -0.25) is 9.69 Å². The molecule has 0 atom stereocenters. The highest BCUT2D eigenvalue weighted by atomic mass is 32.2. The minimum Gasteiger partial charge on any atom is -0.355 e. The molecule has 1 aromatic rings. The fraction of sp³-hybridized carbons (Fsp3) is 0.533. The standard InChI is InChI=1S/C15H22FN3O3S/c1-3-17-15(20)11-18-6-8-19(9-7-18)23(21,22)14-5-4-13(16)10-12(14)2/h4-5,10H,3,6-9,11H2,1-2H3,(H,17,20). The van der Waals surface area contributed by atoms with Gasteiger partial charge in [0.25, 0.3) is 0 Å². The minimum absolute atomic E-state index is 0.0572. The molecule has 128 valence electrons. The van der Waals surface area contributed by atoms with Crippen molar-refractivity contribution < 1.29 is 17.6 Å². The molecule has 6 nitrogen and oxygen atoms in total. The lowest BCUT2D eigenvalue weighted by Crippen LogP contribution is -2.51. The molecule has 1 heterocycles. The number of hydrogen-bond acceptors (Lipinski definition) is 4. The molecule has 1 aromatic carbocycles. The Labute approximate surface area is 136 Å². The van der Waals surface area contributed by atoms with Crippen LogP contribution in [0.4, 0.5) is 4.39 Å².